The molecule has 0 aliphatic carbocycles. The van der Waals surface area contributed by atoms with E-state index >= 15 is 0 Å². The van der Waals surface area contributed by atoms with Gasteiger partial charge in [0.15, 0.2) is 11.6 Å². The number of hydrogen-bond donors (Lipinski definition) is 1. The molecule has 0 amide bonds. The number of anilines is 1. The minimum atomic E-state index is -0.431. The highest BCUT2D eigenvalue weighted by Gasteiger charge is 2.09. The second-order valence-electron chi connectivity index (χ2n) is 4.30. The molecule has 0 spiro atoms. The first-order valence-corrected chi connectivity index (χ1v) is 6.90. The molecule has 2 rings (SSSR count). The zero-order chi connectivity index (χ0) is 13.8. The van der Waals surface area contributed by atoms with Crippen molar-refractivity contribution in [1.82, 2.24) is 0 Å². The zero-order valence-corrected chi connectivity index (χ0v) is 11.8. The molecule has 0 aromatic heterocycles. The van der Waals surface area contributed by atoms with Crippen molar-refractivity contribution < 1.29 is 9.13 Å². The van der Waals surface area contributed by atoms with Crippen LogP contribution in [-0.4, -0.2) is 7.11 Å². The van der Waals surface area contributed by atoms with Gasteiger partial charge in [-0.25, -0.2) is 4.39 Å². The van der Waals surface area contributed by atoms with Gasteiger partial charge in [-0.1, -0.05) is 29.8 Å². The molecular formula is C15H16FNOS. The Balaban J connectivity index is 2.15. The molecule has 19 heavy (non-hydrogen) atoms. The van der Waals surface area contributed by atoms with Gasteiger partial charge in [0.1, 0.15) is 0 Å². The Labute approximate surface area is 116 Å². The summed E-state index contributed by atoms with van der Waals surface area (Å²) in [4.78, 5) is 0.833. The van der Waals surface area contributed by atoms with Gasteiger partial charge in [0.2, 0.25) is 0 Å². The molecule has 0 saturated carbocycles. The van der Waals surface area contributed by atoms with Gasteiger partial charge in [-0.15, -0.1) is 11.8 Å². The predicted octanol–water partition coefficient (Wildman–Crippen LogP) is 4.02. The maximum atomic E-state index is 13.4. The number of rotatable bonds is 4. The highest BCUT2D eigenvalue weighted by molar-refractivity contribution is 7.98. The largest absolute Gasteiger partial charge is 0.494 e. The van der Waals surface area contributed by atoms with Crippen molar-refractivity contribution in [2.75, 3.05) is 12.8 Å². The van der Waals surface area contributed by atoms with E-state index < -0.39 is 5.82 Å². The van der Waals surface area contributed by atoms with E-state index in [4.69, 9.17) is 10.5 Å². The maximum absolute atomic E-state index is 13.4. The molecule has 0 aliphatic rings. The standard InChI is InChI=1S/C15H16FNOS/c1-10-4-3-5-11(6-10)9-19-15-8-14(18-2)12(16)7-13(15)17/h3-8H,9,17H2,1-2H3. The molecule has 0 radical (unpaired) electrons. The topological polar surface area (TPSA) is 35.2 Å². The van der Waals surface area contributed by atoms with Crippen LogP contribution < -0.4 is 10.5 Å². The van der Waals surface area contributed by atoms with Crippen LogP contribution in [-0.2, 0) is 5.75 Å². The number of aryl methyl sites for hydroxylation is 1. The monoisotopic (exact) mass is 277 g/mol. The molecule has 100 valence electrons. The van der Waals surface area contributed by atoms with Crippen molar-refractivity contribution in [3.8, 4) is 5.75 Å². The Hall–Kier alpha value is -1.68. The fourth-order valence-electron chi connectivity index (χ4n) is 1.79. The molecule has 2 aromatic rings. The van der Waals surface area contributed by atoms with Crippen LogP contribution in [0, 0.1) is 12.7 Å². The molecule has 0 unspecified atom stereocenters. The van der Waals surface area contributed by atoms with E-state index in [1.807, 2.05) is 6.07 Å². The first-order chi connectivity index (χ1) is 9.10. The number of ether oxygens (including phenoxy) is 1. The first-order valence-electron chi connectivity index (χ1n) is 5.91. The Morgan fingerprint density at radius 1 is 1.26 bits per heavy atom. The summed E-state index contributed by atoms with van der Waals surface area (Å²) in [6, 6.07) is 11.2. The summed E-state index contributed by atoms with van der Waals surface area (Å²) >= 11 is 1.58. The minimum absolute atomic E-state index is 0.223. The molecule has 2 aromatic carbocycles. The van der Waals surface area contributed by atoms with Gasteiger partial charge < -0.3 is 10.5 Å². The summed E-state index contributed by atoms with van der Waals surface area (Å²) in [5.41, 5.74) is 8.70. The molecule has 0 atom stereocenters. The zero-order valence-electron chi connectivity index (χ0n) is 10.9. The Morgan fingerprint density at radius 3 is 2.74 bits per heavy atom. The Morgan fingerprint density at radius 2 is 2.05 bits per heavy atom. The third-order valence-corrected chi connectivity index (χ3v) is 3.90. The van der Waals surface area contributed by atoms with Crippen LogP contribution in [0.5, 0.6) is 5.75 Å². The summed E-state index contributed by atoms with van der Waals surface area (Å²) in [5.74, 6) is 0.585. The van der Waals surface area contributed by atoms with E-state index in [9.17, 15) is 4.39 Å². The predicted molar refractivity (Wildman–Crippen MR) is 78.1 cm³/mol. The lowest BCUT2D eigenvalue weighted by Gasteiger charge is -2.09. The van der Waals surface area contributed by atoms with Gasteiger partial charge in [-0.3, -0.25) is 0 Å². The van der Waals surface area contributed by atoms with Gasteiger partial charge in [0.05, 0.1) is 7.11 Å². The van der Waals surface area contributed by atoms with E-state index in [1.54, 1.807) is 17.8 Å². The number of benzene rings is 2. The fraction of sp³-hybridized carbons (Fsp3) is 0.200. The van der Waals surface area contributed by atoms with Gasteiger partial charge in [-0.05, 0) is 18.6 Å². The summed E-state index contributed by atoms with van der Waals surface area (Å²) in [7, 11) is 1.45. The fourth-order valence-corrected chi connectivity index (χ4v) is 2.71. The molecule has 0 bridgehead atoms. The Bertz CT molecular complexity index is 586. The van der Waals surface area contributed by atoms with Crippen LogP contribution in [0.3, 0.4) is 0 Å². The van der Waals surface area contributed by atoms with Crippen LogP contribution >= 0.6 is 11.8 Å². The number of hydrogen-bond acceptors (Lipinski definition) is 3. The molecular weight excluding hydrogens is 261 g/mol. The highest BCUT2D eigenvalue weighted by Crippen LogP contribution is 2.33. The van der Waals surface area contributed by atoms with Gasteiger partial charge >= 0.3 is 0 Å². The van der Waals surface area contributed by atoms with E-state index in [0.717, 1.165) is 10.6 Å². The van der Waals surface area contributed by atoms with Crippen LogP contribution in [0.2, 0.25) is 0 Å². The van der Waals surface area contributed by atoms with Crippen molar-refractivity contribution in [3.63, 3.8) is 0 Å². The Kier molecular flexibility index (Phi) is 4.32. The van der Waals surface area contributed by atoms with E-state index in [1.165, 1.54) is 24.3 Å². The summed E-state index contributed by atoms with van der Waals surface area (Å²) in [6.45, 7) is 2.06. The summed E-state index contributed by atoms with van der Waals surface area (Å²) in [6.07, 6.45) is 0. The molecule has 0 heterocycles. The lowest BCUT2D eigenvalue weighted by atomic mass is 10.2. The number of thioether (sulfide) groups is 1. The van der Waals surface area contributed by atoms with Crippen molar-refractivity contribution in [1.29, 1.82) is 0 Å². The van der Waals surface area contributed by atoms with E-state index in [2.05, 4.69) is 25.1 Å². The molecule has 2 nitrogen and oxygen atoms in total. The van der Waals surface area contributed by atoms with Gasteiger partial charge in [0.25, 0.3) is 0 Å². The van der Waals surface area contributed by atoms with E-state index in [0.29, 0.717) is 5.69 Å². The lowest BCUT2D eigenvalue weighted by molar-refractivity contribution is 0.385. The summed E-state index contributed by atoms with van der Waals surface area (Å²) < 4.78 is 18.4. The molecule has 4 heteroatoms. The van der Waals surface area contributed by atoms with Crippen molar-refractivity contribution >= 4 is 17.4 Å². The number of halogens is 1. The number of nitrogen functional groups attached to an aromatic ring is 1. The normalized spacial score (nSPS) is 10.5. The molecule has 0 aliphatic heterocycles. The third kappa shape index (κ3) is 3.41. The molecule has 0 saturated heterocycles. The van der Waals surface area contributed by atoms with Crippen LogP contribution in [0.15, 0.2) is 41.3 Å². The molecule has 2 N–H and O–H groups in total. The smallest absolute Gasteiger partial charge is 0.167 e. The SMILES string of the molecule is COc1cc(SCc2cccc(C)c2)c(N)cc1F. The van der Waals surface area contributed by atoms with Crippen LogP contribution in [0.25, 0.3) is 0 Å². The molecule has 0 fully saturated rings. The van der Waals surface area contributed by atoms with Gasteiger partial charge in [-0.2, -0.15) is 0 Å². The maximum Gasteiger partial charge on any atom is 0.167 e. The number of nitrogens with two attached hydrogens (primary N) is 1. The second-order valence-corrected chi connectivity index (χ2v) is 5.32. The second kappa shape index (κ2) is 5.97. The average Bonchev–Trinajstić information content (AvgIpc) is 2.38. The quantitative estimate of drug-likeness (QED) is 0.677. The minimum Gasteiger partial charge on any atom is -0.494 e. The number of methoxy groups -OCH3 is 1. The van der Waals surface area contributed by atoms with Crippen LogP contribution in [0.1, 0.15) is 11.1 Å². The summed E-state index contributed by atoms with van der Waals surface area (Å²) in [5, 5.41) is 0. The van der Waals surface area contributed by atoms with Crippen molar-refractivity contribution in [2.45, 2.75) is 17.6 Å². The highest BCUT2D eigenvalue weighted by atomic mass is 32.2. The van der Waals surface area contributed by atoms with Crippen LogP contribution in [0.4, 0.5) is 10.1 Å². The first kappa shape index (κ1) is 13.7. The average molecular weight is 277 g/mol. The third-order valence-electron chi connectivity index (χ3n) is 2.76. The van der Waals surface area contributed by atoms with Gasteiger partial charge in [0, 0.05) is 22.4 Å². The van der Waals surface area contributed by atoms with Crippen molar-refractivity contribution in [3.05, 3.63) is 53.3 Å². The lowest BCUT2D eigenvalue weighted by Crippen LogP contribution is -1.95. The van der Waals surface area contributed by atoms with Crippen molar-refractivity contribution in [2.24, 2.45) is 0 Å². The van der Waals surface area contributed by atoms with E-state index in [-0.39, 0.29) is 5.75 Å².